The molecule has 2 fully saturated rings. The van der Waals surface area contributed by atoms with E-state index in [1.54, 1.807) is 0 Å². The minimum atomic E-state index is -0.113. The summed E-state index contributed by atoms with van der Waals surface area (Å²) in [6.07, 6.45) is 4.95. The molecule has 0 unspecified atom stereocenters. The van der Waals surface area contributed by atoms with Crippen LogP contribution in [0.5, 0.6) is 0 Å². The van der Waals surface area contributed by atoms with Gasteiger partial charge in [-0.1, -0.05) is 6.92 Å². The molecule has 0 amide bonds. The fourth-order valence-corrected chi connectivity index (χ4v) is 3.07. The third-order valence-corrected chi connectivity index (χ3v) is 3.76. The van der Waals surface area contributed by atoms with Gasteiger partial charge in [-0.15, -0.1) is 0 Å². The number of nitrogens with zero attached hydrogens (tertiary/aromatic N) is 1. The zero-order chi connectivity index (χ0) is 8.60. The number of halogens is 1. The van der Waals surface area contributed by atoms with Gasteiger partial charge in [-0.25, -0.2) is 0 Å². The molecule has 2 atom stereocenters. The van der Waals surface area contributed by atoms with Crippen molar-refractivity contribution in [2.24, 2.45) is 5.92 Å². The van der Waals surface area contributed by atoms with Crippen molar-refractivity contribution in [3.05, 3.63) is 0 Å². The van der Waals surface area contributed by atoms with Crippen LogP contribution in [0.3, 0.4) is 0 Å². The molecular weight excluding hydrogens is 153 g/mol. The predicted octanol–water partition coefficient (Wildman–Crippen LogP) is 2.22. The fourth-order valence-electron chi connectivity index (χ4n) is 3.07. The lowest BCUT2D eigenvalue weighted by Gasteiger charge is -2.30. The molecule has 2 aliphatic rings. The van der Waals surface area contributed by atoms with Crippen LogP contribution in [-0.4, -0.2) is 30.2 Å². The molecule has 0 radical (unpaired) electrons. The van der Waals surface area contributed by atoms with Gasteiger partial charge in [0.2, 0.25) is 0 Å². The standard InChI is InChI=1S/C10H18FN/c1-2-10-4-3-5-12(10)8-9(6-10)7-11/h9H,2-8H2,1H3/t9-,10+/m0/s1. The van der Waals surface area contributed by atoms with Gasteiger partial charge >= 0.3 is 0 Å². The van der Waals surface area contributed by atoms with Crippen molar-refractivity contribution < 1.29 is 4.39 Å². The molecule has 0 bridgehead atoms. The number of hydrogen-bond donors (Lipinski definition) is 0. The summed E-state index contributed by atoms with van der Waals surface area (Å²) in [5.41, 5.74) is 0.413. The highest BCUT2D eigenvalue weighted by molar-refractivity contribution is 5.01. The SMILES string of the molecule is CC[C@]12CCCN1C[C@H](CF)C2. The van der Waals surface area contributed by atoms with Gasteiger partial charge in [-0.05, 0) is 32.2 Å². The van der Waals surface area contributed by atoms with E-state index >= 15 is 0 Å². The van der Waals surface area contributed by atoms with E-state index in [-0.39, 0.29) is 6.67 Å². The van der Waals surface area contributed by atoms with Crippen molar-refractivity contribution in [2.75, 3.05) is 19.8 Å². The molecule has 2 heterocycles. The molecule has 0 N–H and O–H groups in total. The first-order valence-electron chi connectivity index (χ1n) is 5.12. The Labute approximate surface area is 73.9 Å². The molecule has 2 heteroatoms. The third kappa shape index (κ3) is 1.08. The summed E-state index contributed by atoms with van der Waals surface area (Å²) in [4.78, 5) is 2.53. The lowest BCUT2D eigenvalue weighted by molar-refractivity contribution is 0.189. The molecule has 1 nitrogen and oxygen atoms in total. The minimum Gasteiger partial charge on any atom is -0.297 e. The highest BCUT2D eigenvalue weighted by Gasteiger charge is 2.46. The van der Waals surface area contributed by atoms with E-state index in [0.717, 1.165) is 13.0 Å². The molecule has 12 heavy (non-hydrogen) atoms. The fraction of sp³-hybridized carbons (Fsp3) is 1.00. The summed E-state index contributed by atoms with van der Waals surface area (Å²) < 4.78 is 12.5. The molecule has 0 aromatic rings. The van der Waals surface area contributed by atoms with Crippen LogP contribution in [0, 0.1) is 5.92 Å². The van der Waals surface area contributed by atoms with E-state index < -0.39 is 0 Å². The zero-order valence-electron chi connectivity index (χ0n) is 7.85. The summed E-state index contributed by atoms with van der Waals surface area (Å²) in [6, 6.07) is 0. The van der Waals surface area contributed by atoms with E-state index in [0.29, 0.717) is 11.5 Å². The number of hydrogen-bond acceptors (Lipinski definition) is 1. The molecule has 0 spiro atoms. The second-order valence-electron chi connectivity index (χ2n) is 4.35. The van der Waals surface area contributed by atoms with Gasteiger partial charge in [0.1, 0.15) is 0 Å². The molecule has 2 rings (SSSR count). The van der Waals surface area contributed by atoms with E-state index in [9.17, 15) is 4.39 Å². The van der Waals surface area contributed by atoms with Gasteiger partial charge in [0.25, 0.3) is 0 Å². The number of fused-ring (bicyclic) bond motifs is 1. The molecule has 0 aromatic heterocycles. The summed E-state index contributed by atoms with van der Waals surface area (Å²) in [5.74, 6) is 0.338. The Kier molecular flexibility index (Phi) is 2.11. The molecule has 0 saturated carbocycles. The van der Waals surface area contributed by atoms with Gasteiger partial charge in [0.05, 0.1) is 6.67 Å². The van der Waals surface area contributed by atoms with Crippen LogP contribution >= 0.6 is 0 Å². The molecule has 0 aromatic carbocycles. The quantitative estimate of drug-likeness (QED) is 0.615. The second-order valence-corrected chi connectivity index (χ2v) is 4.35. The smallest absolute Gasteiger partial charge is 0.0935 e. The Bertz CT molecular complexity index is 171. The van der Waals surface area contributed by atoms with Crippen LogP contribution in [0.15, 0.2) is 0 Å². The minimum absolute atomic E-state index is 0.113. The monoisotopic (exact) mass is 171 g/mol. The first kappa shape index (κ1) is 8.49. The maximum atomic E-state index is 12.5. The van der Waals surface area contributed by atoms with Gasteiger partial charge in [0, 0.05) is 18.0 Å². The maximum Gasteiger partial charge on any atom is 0.0935 e. The Morgan fingerprint density at radius 1 is 1.58 bits per heavy atom. The van der Waals surface area contributed by atoms with Gasteiger partial charge in [0.15, 0.2) is 0 Å². The summed E-state index contributed by atoms with van der Waals surface area (Å²) in [6.45, 7) is 4.37. The van der Waals surface area contributed by atoms with Gasteiger partial charge < -0.3 is 0 Å². The van der Waals surface area contributed by atoms with Crippen molar-refractivity contribution in [2.45, 2.75) is 38.1 Å². The molecule has 2 saturated heterocycles. The Hall–Kier alpha value is -0.110. The van der Waals surface area contributed by atoms with Crippen molar-refractivity contribution in [3.8, 4) is 0 Å². The molecule has 70 valence electrons. The normalized spacial score (nSPS) is 42.0. The zero-order valence-corrected chi connectivity index (χ0v) is 7.85. The highest BCUT2D eigenvalue weighted by atomic mass is 19.1. The van der Waals surface area contributed by atoms with Crippen LogP contribution in [0.4, 0.5) is 4.39 Å². The van der Waals surface area contributed by atoms with Crippen molar-refractivity contribution in [3.63, 3.8) is 0 Å². The van der Waals surface area contributed by atoms with Gasteiger partial charge in [-0.3, -0.25) is 9.29 Å². The lowest BCUT2D eigenvalue weighted by atomic mass is 9.88. The molecular formula is C10H18FN. The van der Waals surface area contributed by atoms with Crippen molar-refractivity contribution in [1.82, 2.24) is 4.90 Å². The first-order valence-corrected chi connectivity index (χ1v) is 5.12. The molecule has 2 aliphatic heterocycles. The van der Waals surface area contributed by atoms with Crippen LogP contribution in [-0.2, 0) is 0 Å². The van der Waals surface area contributed by atoms with E-state index in [4.69, 9.17) is 0 Å². The maximum absolute atomic E-state index is 12.5. The topological polar surface area (TPSA) is 3.24 Å². The van der Waals surface area contributed by atoms with Crippen LogP contribution in [0.1, 0.15) is 32.6 Å². The largest absolute Gasteiger partial charge is 0.297 e. The number of rotatable bonds is 2. The van der Waals surface area contributed by atoms with Crippen LogP contribution in [0.2, 0.25) is 0 Å². The Morgan fingerprint density at radius 2 is 2.42 bits per heavy atom. The van der Waals surface area contributed by atoms with E-state index in [1.807, 2.05) is 0 Å². The van der Waals surface area contributed by atoms with E-state index in [1.165, 1.54) is 25.8 Å². The Morgan fingerprint density at radius 3 is 3.00 bits per heavy atom. The summed E-state index contributed by atoms with van der Waals surface area (Å²) >= 11 is 0. The third-order valence-electron chi connectivity index (χ3n) is 3.76. The average molecular weight is 171 g/mol. The predicted molar refractivity (Wildman–Crippen MR) is 47.9 cm³/mol. The van der Waals surface area contributed by atoms with E-state index in [2.05, 4.69) is 11.8 Å². The second kappa shape index (κ2) is 2.99. The van der Waals surface area contributed by atoms with Crippen LogP contribution < -0.4 is 0 Å². The summed E-state index contributed by atoms with van der Waals surface area (Å²) in [5, 5.41) is 0. The molecule has 0 aliphatic carbocycles. The first-order chi connectivity index (χ1) is 5.80. The highest BCUT2D eigenvalue weighted by Crippen LogP contribution is 2.43. The Balaban J connectivity index is 2.09. The lowest BCUT2D eigenvalue weighted by Crippen LogP contribution is -2.37. The summed E-state index contributed by atoms with van der Waals surface area (Å²) in [7, 11) is 0. The van der Waals surface area contributed by atoms with Crippen molar-refractivity contribution >= 4 is 0 Å². The van der Waals surface area contributed by atoms with Gasteiger partial charge in [-0.2, -0.15) is 0 Å². The number of alkyl halides is 1. The van der Waals surface area contributed by atoms with Crippen molar-refractivity contribution in [1.29, 1.82) is 0 Å². The van der Waals surface area contributed by atoms with Crippen LogP contribution in [0.25, 0.3) is 0 Å². The average Bonchev–Trinajstić information content (AvgIpc) is 2.58.